The molecule has 0 aromatic heterocycles. The maximum absolute atomic E-state index is 11.8. The Morgan fingerprint density at radius 3 is 3.00 bits per heavy atom. The second kappa shape index (κ2) is 5.73. The molecule has 1 heterocycles. The molecule has 0 bridgehead atoms. The van der Waals surface area contributed by atoms with Crippen LogP contribution in [0, 0.1) is 0 Å². The van der Waals surface area contributed by atoms with Gasteiger partial charge in [0.1, 0.15) is 5.75 Å². The normalized spacial score (nSPS) is 20.2. The van der Waals surface area contributed by atoms with E-state index < -0.39 is 6.10 Å². The number of rotatable bonds is 5. The van der Waals surface area contributed by atoms with Crippen molar-refractivity contribution in [2.75, 3.05) is 17.2 Å². The van der Waals surface area contributed by atoms with Crippen LogP contribution in [-0.4, -0.2) is 30.5 Å². The third kappa shape index (κ3) is 3.52. The number of fused-ring (bicyclic) bond motifs is 1. The quantitative estimate of drug-likeness (QED) is 0.767. The van der Waals surface area contributed by atoms with Crippen LogP contribution in [0.1, 0.15) is 26.2 Å². The van der Waals surface area contributed by atoms with Crippen LogP contribution in [0.15, 0.2) is 18.2 Å². The van der Waals surface area contributed by atoms with Gasteiger partial charge in [0.15, 0.2) is 6.10 Å². The highest BCUT2D eigenvalue weighted by molar-refractivity contribution is 5.99. The third-order valence-electron chi connectivity index (χ3n) is 3.56. The largest absolute Gasteiger partial charge is 0.479 e. The van der Waals surface area contributed by atoms with Gasteiger partial charge in [-0.25, -0.2) is 0 Å². The first-order valence-electron chi connectivity index (χ1n) is 7.26. The van der Waals surface area contributed by atoms with Crippen LogP contribution in [0.5, 0.6) is 5.75 Å². The molecule has 3 N–H and O–H groups in total. The van der Waals surface area contributed by atoms with E-state index >= 15 is 0 Å². The van der Waals surface area contributed by atoms with Gasteiger partial charge in [-0.05, 0) is 38.0 Å². The van der Waals surface area contributed by atoms with Gasteiger partial charge in [0.2, 0.25) is 5.91 Å². The molecule has 0 saturated heterocycles. The summed E-state index contributed by atoms with van der Waals surface area (Å²) in [5.41, 5.74) is 1.25. The first kappa shape index (κ1) is 13.9. The summed E-state index contributed by atoms with van der Waals surface area (Å²) in [6.45, 7) is 2.39. The number of ether oxygens (including phenoxy) is 1. The Bertz CT molecular complexity index is 569. The summed E-state index contributed by atoms with van der Waals surface area (Å²) >= 11 is 0. The molecule has 6 nitrogen and oxygen atoms in total. The van der Waals surface area contributed by atoms with Gasteiger partial charge in [-0.3, -0.25) is 9.59 Å². The molecule has 0 spiro atoms. The molecule has 0 radical (unpaired) electrons. The molecular formula is C15H19N3O3. The van der Waals surface area contributed by atoms with Crippen LogP contribution in [-0.2, 0) is 9.59 Å². The zero-order valence-electron chi connectivity index (χ0n) is 11.9. The maximum atomic E-state index is 11.8. The molecule has 1 fully saturated rings. The zero-order valence-corrected chi connectivity index (χ0v) is 11.9. The van der Waals surface area contributed by atoms with E-state index in [0.717, 1.165) is 0 Å². The lowest BCUT2D eigenvalue weighted by molar-refractivity contribution is -0.122. The Morgan fingerprint density at radius 2 is 2.24 bits per heavy atom. The average Bonchev–Trinajstić information content (AvgIpc) is 3.24. The molecule has 1 aliphatic carbocycles. The molecule has 1 aliphatic heterocycles. The number of carbonyl (C=O) groups is 2. The highest BCUT2D eigenvalue weighted by Crippen LogP contribution is 2.32. The predicted molar refractivity (Wildman–Crippen MR) is 79.4 cm³/mol. The van der Waals surface area contributed by atoms with E-state index in [0.29, 0.717) is 36.1 Å². The smallest absolute Gasteiger partial charge is 0.265 e. The van der Waals surface area contributed by atoms with Crippen molar-refractivity contribution >= 4 is 23.2 Å². The predicted octanol–water partition coefficient (Wildman–Crippen LogP) is 1.49. The molecule has 2 amide bonds. The molecule has 1 unspecified atom stereocenters. The number of hydrogen-bond donors (Lipinski definition) is 3. The van der Waals surface area contributed by atoms with Gasteiger partial charge in [0, 0.05) is 24.7 Å². The number of carbonyl (C=O) groups excluding carboxylic acids is 2. The summed E-state index contributed by atoms with van der Waals surface area (Å²) < 4.78 is 5.47. The van der Waals surface area contributed by atoms with Crippen LogP contribution >= 0.6 is 0 Å². The Kier molecular flexibility index (Phi) is 3.79. The van der Waals surface area contributed by atoms with E-state index in [9.17, 15) is 9.59 Å². The van der Waals surface area contributed by atoms with Crippen molar-refractivity contribution in [1.29, 1.82) is 0 Å². The van der Waals surface area contributed by atoms with Crippen LogP contribution < -0.4 is 20.7 Å². The number of benzene rings is 1. The SMILES string of the molecule is CC1Oc2ccc(NC(=O)CCNC3CC3)cc2NC1=O. The summed E-state index contributed by atoms with van der Waals surface area (Å²) in [7, 11) is 0. The molecule has 21 heavy (non-hydrogen) atoms. The van der Waals surface area contributed by atoms with Crippen LogP contribution in [0.2, 0.25) is 0 Å². The second-order valence-corrected chi connectivity index (χ2v) is 5.49. The van der Waals surface area contributed by atoms with Crippen LogP contribution in [0.4, 0.5) is 11.4 Å². The van der Waals surface area contributed by atoms with Gasteiger partial charge < -0.3 is 20.7 Å². The van der Waals surface area contributed by atoms with Gasteiger partial charge in [-0.1, -0.05) is 0 Å². The Hall–Kier alpha value is -2.08. The van der Waals surface area contributed by atoms with Gasteiger partial charge >= 0.3 is 0 Å². The lowest BCUT2D eigenvalue weighted by atomic mass is 10.2. The van der Waals surface area contributed by atoms with Crippen molar-refractivity contribution in [3.05, 3.63) is 18.2 Å². The van der Waals surface area contributed by atoms with Crippen molar-refractivity contribution in [2.24, 2.45) is 0 Å². The summed E-state index contributed by atoms with van der Waals surface area (Å²) in [5.74, 6) is 0.398. The van der Waals surface area contributed by atoms with E-state index in [1.165, 1.54) is 12.8 Å². The fourth-order valence-electron chi connectivity index (χ4n) is 2.19. The minimum absolute atomic E-state index is 0.0421. The van der Waals surface area contributed by atoms with E-state index in [1.54, 1.807) is 25.1 Å². The minimum atomic E-state index is -0.494. The van der Waals surface area contributed by atoms with E-state index in [1.807, 2.05) is 0 Å². The third-order valence-corrected chi connectivity index (χ3v) is 3.56. The summed E-state index contributed by atoms with van der Waals surface area (Å²) in [6.07, 6.45) is 2.37. The highest BCUT2D eigenvalue weighted by atomic mass is 16.5. The van der Waals surface area contributed by atoms with Crippen molar-refractivity contribution in [2.45, 2.75) is 38.3 Å². The molecule has 6 heteroatoms. The number of amides is 2. The molecule has 1 aromatic carbocycles. The van der Waals surface area contributed by atoms with Gasteiger partial charge in [-0.15, -0.1) is 0 Å². The van der Waals surface area contributed by atoms with Crippen LogP contribution in [0.3, 0.4) is 0 Å². The summed E-state index contributed by atoms with van der Waals surface area (Å²) in [4.78, 5) is 23.4. The van der Waals surface area contributed by atoms with Crippen molar-refractivity contribution < 1.29 is 14.3 Å². The van der Waals surface area contributed by atoms with E-state index in [2.05, 4.69) is 16.0 Å². The highest BCUT2D eigenvalue weighted by Gasteiger charge is 2.23. The molecule has 1 atom stereocenters. The van der Waals surface area contributed by atoms with Crippen molar-refractivity contribution in [3.63, 3.8) is 0 Å². The minimum Gasteiger partial charge on any atom is -0.479 e. The van der Waals surface area contributed by atoms with Gasteiger partial charge in [0.25, 0.3) is 5.91 Å². The topological polar surface area (TPSA) is 79.5 Å². The Morgan fingerprint density at radius 1 is 1.43 bits per heavy atom. The lowest BCUT2D eigenvalue weighted by Gasteiger charge is -2.23. The molecule has 3 rings (SSSR count). The van der Waals surface area contributed by atoms with Crippen molar-refractivity contribution in [1.82, 2.24) is 5.32 Å². The van der Waals surface area contributed by atoms with Crippen LogP contribution in [0.25, 0.3) is 0 Å². The standard InChI is InChI=1S/C15H19N3O3/c1-9-15(20)18-12-8-11(4-5-13(12)21-9)17-14(19)6-7-16-10-2-3-10/h4-5,8-10,16H,2-3,6-7H2,1H3,(H,17,19)(H,18,20). The maximum Gasteiger partial charge on any atom is 0.265 e. The number of nitrogens with one attached hydrogen (secondary N) is 3. The molecule has 112 valence electrons. The first-order valence-corrected chi connectivity index (χ1v) is 7.26. The molecular weight excluding hydrogens is 270 g/mol. The molecule has 1 aromatic rings. The fourth-order valence-corrected chi connectivity index (χ4v) is 2.19. The summed E-state index contributed by atoms with van der Waals surface area (Å²) in [5, 5.41) is 8.88. The number of hydrogen-bond acceptors (Lipinski definition) is 4. The summed E-state index contributed by atoms with van der Waals surface area (Å²) in [6, 6.07) is 5.85. The van der Waals surface area contributed by atoms with Crippen molar-refractivity contribution in [3.8, 4) is 5.75 Å². The van der Waals surface area contributed by atoms with Gasteiger partial charge in [-0.2, -0.15) is 0 Å². The van der Waals surface area contributed by atoms with Gasteiger partial charge in [0.05, 0.1) is 5.69 Å². The monoisotopic (exact) mass is 289 g/mol. The first-order chi connectivity index (χ1) is 10.1. The fraction of sp³-hybridized carbons (Fsp3) is 0.467. The van der Waals surface area contributed by atoms with E-state index in [-0.39, 0.29) is 11.8 Å². The lowest BCUT2D eigenvalue weighted by Crippen LogP contribution is -2.34. The Balaban J connectivity index is 1.57. The number of anilines is 2. The molecule has 1 saturated carbocycles. The zero-order chi connectivity index (χ0) is 14.8. The van der Waals surface area contributed by atoms with E-state index in [4.69, 9.17) is 4.74 Å². The average molecular weight is 289 g/mol. The Labute approximate surface area is 123 Å². The molecule has 2 aliphatic rings. The second-order valence-electron chi connectivity index (χ2n) is 5.49.